The minimum Gasteiger partial charge on any atom is -0.369 e. The van der Waals surface area contributed by atoms with Gasteiger partial charge in [0, 0.05) is 38.4 Å². The molecule has 1 atom stereocenters. The zero-order valence-electron chi connectivity index (χ0n) is 12.1. The molecule has 1 aliphatic rings. The van der Waals surface area contributed by atoms with Gasteiger partial charge in [0.15, 0.2) is 0 Å². The Balaban J connectivity index is 1.73. The number of anilines is 1. The maximum Gasteiger partial charge on any atom is 0.0367 e. The minimum absolute atomic E-state index is 0.770. The van der Waals surface area contributed by atoms with Crippen LogP contribution in [-0.4, -0.2) is 44.2 Å². The zero-order valence-corrected chi connectivity index (χ0v) is 12.1. The van der Waals surface area contributed by atoms with Crippen molar-refractivity contribution in [3.63, 3.8) is 0 Å². The molecular formula is C16H27N3. The van der Waals surface area contributed by atoms with Crippen molar-refractivity contribution in [2.24, 2.45) is 11.7 Å². The Labute approximate surface area is 117 Å². The molecule has 19 heavy (non-hydrogen) atoms. The molecule has 0 aliphatic carbocycles. The number of benzene rings is 1. The number of para-hydroxylation sites is 1. The van der Waals surface area contributed by atoms with Crippen LogP contribution >= 0.6 is 0 Å². The smallest absolute Gasteiger partial charge is 0.0367 e. The molecule has 1 aromatic carbocycles. The standard InChI is InChI=1S/C16H27N3/c1-15(6-5-9-17)14-18-10-12-19(13-11-18)16-7-3-2-4-8-16/h2-4,7-8,15H,5-6,9-14,17H2,1H3. The predicted molar refractivity (Wildman–Crippen MR) is 82.5 cm³/mol. The average molecular weight is 261 g/mol. The van der Waals surface area contributed by atoms with E-state index in [1.54, 1.807) is 0 Å². The van der Waals surface area contributed by atoms with E-state index >= 15 is 0 Å². The van der Waals surface area contributed by atoms with Crippen LogP contribution in [0.25, 0.3) is 0 Å². The van der Waals surface area contributed by atoms with Crippen LogP contribution < -0.4 is 10.6 Å². The summed E-state index contributed by atoms with van der Waals surface area (Å²) in [6.45, 7) is 9.05. The van der Waals surface area contributed by atoms with E-state index in [1.165, 1.54) is 31.7 Å². The van der Waals surface area contributed by atoms with Gasteiger partial charge in [0.1, 0.15) is 0 Å². The number of hydrogen-bond acceptors (Lipinski definition) is 3. The zero-order chi connectivity index (χ0) is 13.5. The van der Waals surface area contributed by atoms with Crippen molar-refractivity contribution in [2.45, 2.75) is 19.8 Å². The molecule has 1 aromatic rings. The summed E-state index contributed by atoms with van der Waals surface area (Å²) >= 11 is 0. The van der Waals surface area contributed by atoms with Crippen molar-refractivity contribution in [3.8, 4) is 0 Å². The van der Waals surface area contributed by atoms with Crippen LogP contribution in [0.4, 0.5) is 5.69 Å². The van der Waals surface area contributed by atoms with Gasteiger partial charge >= 0.3 is 0 Å². The first-order valence-corrected chi connectivity index (χ1v) is 7.52. The Morgan fingerprint density at radius 3 is 2.42 bits per heavy atom. The SMILES string of the molecule is CC(CCCN)CN1CCN(c2ccccc2)CC1. The normalized spacial score (nSPS) is 18.5. The summed E-state index contributed by atoms with van der Waals surface area (Å²) in [4.78, 5) is 5.08. The van der Waals surface area contributed by atoms with Gasteiger partial charge in [0.2, 0.25) is 0 Å². The third kappa shape index (κ3) is 4.51. The first-order valence-electron chi connectivity index (χ1n) is 7.52. The summed E-state index contributed by atoms with van der Waals surface area (Å²) in [7, 11) is 0. The van der Waals surface area contributed by atoms with E-state index < -0.39 is 0 Å². The molecule has 106 valence electrons. The lowest BCUT2D eigenvalue weighted by molar-refractivity contribution is 0.219. The highest BCUT2D eigenvalue weighted by molar-refractivity contribution is 5.46. The molecule has 1 aliphatic heterocycles. The van der Waals surface area contributed by atoms with E-state index in [2.05, 4.69) is 47.1 Å². The molecule has 1 saturated heterocycles. The van der Waals surface area contributed by atoms with E-state index in [0.717, 1.165) is 32.0 Å². The fourth-order valence-corrected chi connectivity index (χ4v) is 2.83. The molecule has 0 amide bonds. The van der Waals surface area contributed by atoms with Gasteiger partial charge < -0.3 is 10.6 Å². The molecular weight excluding hydrogens is 234 g/mol. The summed E-state index contributed by atoms with van der Waals surface area (Å²) in [5.74, 6) is 0.770. The molecule has 1 fully saturated rings. The number of nitrogens with two attached hydrogens (primary N) is 1. The van der Waals surface area contributed by atoms with E-state index in [4.69, 9.17) is 5.73 Å². The summed E-state index contributed by atoms with van der Waals surface area (Å²) < 4.78 is 0. The lowest BCUT2D eigenvalue weighted by atomic mass is 10.0. The summed E-state index contributed by atoms with van der Waals surface area (Å²) in [6.07, 6.45) is 2.42. The number of nitrogens with zero attached hydrogens (tertiary/aromatic N) is 2. The van der Waals surface area contributed by atoms with E-state index in [9.17, 15) is 0 Å². The highest BCUT2D eigenvalue weighted by atomic mass is 15.3. The largest absolute Gasteiger partial charge is 0.369 e. The summed E-state index contributed by atoms with van der Waals surface area (Å²) in [6, 6.07) is 10.7. The fourth-order valence-electron chi connectivity index (χ4n) is 2.83. The summed E-state index contributed by atoms with van der Waals surface area (Å²) in [5, 5.41) is 0. The third-order valence-electron chi connectivity index (χ3n) is 3.96. The topological polar surface area (TPSA) is 32.5 Å². The van der Waals surface area contributed by atoms with Crippen LogP contribution in [0.1, 0.15) is 19.8 Å². The van der Waals surface area contributed by atoms with E-state index in [-0.39, 0.29) is 0 Å². The van der Waals surface area contributed by atoms with Crippen molar-refractivity contribution >= 4 is 5.69 Å². The van der Waals surface area contributed by atoms with Crippen LogP contribution in [0.5, 0.6) is 0 Å². The van der Waals surface area contributed by atoms with Gasteiger partial charge in [-0.3, -0.25) is 4.90 Å². The molecule has 1 heterocycles. The molecule has 0 radical (unpaired) electrons. The van der Waals surface area contributed by atoms with Gasteiger partial charge in [-0.2, -0.15) is 0 Å². The molecule has 3 heteroatoms. The quantitative estimate of drug-likeness (QED) is 0.852. The predicted octanol–water partition coefficient (Wildman–Crippen LogP) is 2.18. The van der Waals surface area contributed by atoms with Crippen molar-refractivity contribution in [1.82, 2.24) is 4.90 Å². The fraction of sp³-hybridized carbons (Fsp3) is 0.625. The second kappa shape index (κ2) is 7.51. The average Bonchev–Trinajstić information content (AvgIpc) is 2.47. The minimum atomic E-state index is 0.770. The Kier molecular flexibility index (Phi) is 5.67. The van der Waals surface area contributed by atoms with Crippen LogP contribution in [0, 0.1) is 5.92 Å². The molecule has 0 aromatic heterocycles. The van der Waals surface area contributed by atoms with E-state index in [1.807, 2.05) is 0 Å². The molecule has 1 unspecified atom stereocenters. The lowest BCUT2D eigenvalue weighted by Gasteiger charge is -2.37. The number of rotatable bonds is 6. The number of hydrogen-bond donors (Lipinski definition) is 1. The van der Waals surface area contributed by atoms with Crippen LogP contribution in [0.2, 0.25) is 0 Å². The first-order chi connectivity index (χ1) is 9.29. The first kappa shape index (κ1) is 14.4. The van der Waals surface area contributed by atoms with Gasteiger partial charge in [-0.05, 0) is 37.4 Å². The maximum atomic E-state index is 5.57. The maximum absolute atomic E-state index is 5.57. The van der Waals surface area contributed by atoms with Gasteiger partial charge in [0.05, 0.1) is 0 Å². The highest BCUT2D eigenvalue weighted by Gasteiger charge is 2.18. The van der Waals surface area contributed by atoms with Gasteiger partial charge in [-0.1, -0.05) is 25.1 Å². The number of piperazine rings is 1. The van der Waals surface area contributed by atoms with Crippen molar-refractivity contribution in [2.75, 3.05) is 44.2 Å². The molecule has 3 nitrogen and oxygen atoms in total. The van der Waals surface area contributed by atoms with Crippen LogP contribution in [0.3, 0.4) is 0 Å². The molecule has 2 N–H and O–H groups in total. The van der Waals surface area contributed by atoms with Gasteiger partial charge in [0.25, 0.3) is 0 Å². The Bertz CT molecular complexity index is 344. The molecule has 2 rings (SSSR count). The summed E-state index contributed by atoms with van der Waals surface area (Å²) in [5.41, 5.74) is 6.93. The van der Waals surface area contributed by atoms with Crippen molar-refractivity contribution in [1.29, 1.82) is 0 Å². The Morgan fingerprint density at radius 1 is 1.11 bits per heavy atom. The van der Waals surface area contributed by atoms with Crippen LogP contribution in [-0.2, 0) is 0 Å². The Hall–Kier alpha value is -1.06. The molecule has 0 bridgehead atoms. The van der Waals surface area contributed by atoms with Crippen molar-refractivity contribution < 1.29 is 0 Å². The van der Waals surface area contributed by atoms with E-state index in [0.29, 0.717) is 0 Å². The molecule has 0 saturated carbocycles. The van der Waals surface area contributed by atoms with Crippen LogP contribution in [0.15, 0.2) is 30.3 Å². The van der Waals surface area contributed by atoms with Crippen molar-refractivity contribution in [3.05, 3.63) is 30.3 Å². The Morgan fingerprint density at radius 2 is 1.79 bits per heavy atom. The molecule has 0 spiro atoms. The second-order valence-electron chi connectivity index (χ2n) is 5.66. The lowest BCUT2D eigenvalue weighted by Crippen LogP contribution is -2.47. The second-order valence-corrected chi connectivity index (χ2v) is 5.66. The van der Waals surface area contributed by atoms with Gasteiger partial charge in [-0.15, -0.1) is 0 Å². The third-order valence-corrected chi connectivity index (χ3v) is 3.96. The van der Waals surface area contributed by atoms with Gasteiger partial charge in [-0.25, -0.2) is 0 Å². The highest BCUT2D eigenvalue weighted by Crippen LogP contribution is 2.16. The monoisotopic (exact) mass is 261 g/mol.